The number of benzene rings is 2. The highest BCUT2D eigenvalue weighted by atomic mass is 79.9. The molecule has 0 saturated carbocycles. The summed E-state index contributed by atoms with van der Waals surface area (Å²) >= 11 is 3.27. The van der Waals surface area contributed by atoms with Gasteiger partial charge < -0.3 is 16.8 Å². The van der Waals surface area contributed by atoms with Crippen LogP contribution in [0.3, 0.4) is 0 Å². The van der Waals surface area contributed by atoms with Crippen LogP contribution in [0, 0.1) is 0 Å². The maximum Gasteiger partial charge on any atom is 0.257 e. The Morgan fingerprint density at radius 2 is 1.85 bits per heavy atom. The molecule has 0 saturated heterocycles. The van der Waals surface area contributed by atoms with Crippen molar-refractivity contribution in [3.63, 3.8) is 0 Å². The number of amides is 2. The number of nitrogens with one attached hydrogen (secondary N) is 1. The van der Waals surface area contributed by atoms with Crippen LogP contribution in [0.4, 0.5) is 11.4 Å². The van der Waals surface area contributed by atoms with Gasteiger partial charge in [-0.2, -0.15) is 0 Å². The first-order valence-electron chi connectivity index (χ1n) is 5.73. The minimum absolute atomic E-state index is 0.326. The quantitative estimate of drug-likeness (QED) is 0.752. The van der Waals surface area contributed by atoms with E-state index in [1.165, 1.54) is 6.07 Å². The monoisotopic (exact) mass is 333 g/mol. The molecule has 0 aliphatic carbocycles. The van der Waals surface area contributed by atoms with Gasteiger partial charge in [0.05, 0.1) is 5.56 Å². The highest BCUT2D eigenvalue weighted by molar-refractivity contribution is 9.10. The standard InChI is InChI=1S/C14H12BrN3O2/c15-9-4-5-11(12(16)7-9)14(20)18-10-3-1-2-8(6-10)13(17)19/h1-7H,16H2,(H2,17,19)(H,18,20). The molecule has 0 atom stereocenters. The van der Waals surface area contributed by atoms with E-state index in [0.29, 0.717) is 22.5 Å². The lowest BCUT2D eigenvalue weighted by Gasteiger charge is -2.08. The lowest BCUT2D eigenvalue weighted by Crippen LogP contribution is -2.15. The Kier molecular flexibility index (Phi) is 4.05. The zero-order valence-electron chi connectivity index (χ0n) is 10.4. The van der Waals surface area contributed by atoms with Crippen LogP contribution < -0.4 is 16.8 Å². The van der Waals surface area contributed by atoms with Crippen molar-refractivity contribution >= 4 is 39.1 Å². The fourth-order valence-corrected chi connectivity index (χ4v) is 2.07. The maximum absolute atomic E-state index is 12.1. The van der Waals surface area contributed by atoms with E-state index in [1.54, 1.807) is 36.4 Å². The number of carbonyl (C=O) groups is 2. The summed E-state index contributed by atoms with van der Waals surface area (Å²) in [4.78, 5) is 23.2. The lowest BCUT2D eigenvalue weighted by atomic mass is 10.1. The van der Waals surface area contributed by atoms with Gasteiger partial charge in [0.15, 0.2) is 0 Å². The summed E-state index contributed by atoms with van der Waals surface area (Å²) < 4.78 is 0.794. The molecule has 0 bridgehead atoms. The molecular weight excluding hydrogens is 322 g/mol. The van der Waals surface area contributed by atoms with Crippen LogP contribution in [-0.2, 0) is 0 Å². The number of anilines is 2. The summed E-state index contributed by atoms with van der Waals surface area (Å²) in [5.41, 5.74) is 12.5. The average Bonchev–Trinajstić information content (AvgIpc) is 2.38. The van der Waals surface area contributed by atoms with Gasteiger partial charge in [0, 0.05) is 21.4 Å². The van der Waals surface area contributed by atoms with E-state index in [0.717, 1.165) is 4.47 Å². The maximum atomic E-state index is 12.1. The van der Waals surface area contributed by atoms with Gasteiger partial charge in [-0.1, -0.05) is 22.0 Å². The fourth-order valence-electron chi connectivity index (χ4n) is 1.69. The number of halogens is 1. The molecule has 5 nitrogen and oxygen atoms in total. The second-order valence-electron chi connectivity index (χ2n) is 4.13. The lowest BCUT2D eigenvalue weighted by molar-refractivity contribution is 0.0996. The van der Waals surface area contributed by atoms with Gasteiger partial charge in [0.1, 0.15) is 0 Å². The van der Waals surface area contributed by atoms with Crippen LogP contribution in [0.15, 0.2) is 46.9 Å². The van der Waals surface area contributed by atoms with Crippen molar-refractivity contribution in [2.24, 2.45) is 5.73 Å². The van der Waals surface area contributed by atoms with E-state index in [4.69, 9.17) is 11.5 Å². The van der Waals surface area contributed by atoms with Gasteiger partial charge in [0.2, 0.25) is 5.91 Å². The molecular formula is C14H12BrN3O2. The molecule has 0 spiro atoms. The Morgan fingerprint density at radius 3 is 2.50 bits per heavy atom. The fraction of sp³-hybridized carbons (Fsp3) is 0. The first-order valence-corrected chi connectivity index (χ1v) is 6.53. The van der Waals surface area contributed by atoms with Crippen molar-refractivity contribution in [3.05, 3.63) is 58.1 Å². The molecule has 0 unspecified atom stereocenters. The molecule has 2 amide bonds. The van der Waals surface area contributed by atoms with E-state index < -0.39 is 5.91 Å². The third-order valence-electron chi connectivity index (χ3n) is 2.66. The van der Waals surface area contributed by atoms with Crippen LogP contribution in [0.5, 0.6) is 0 Å². The minimum atomic E-state index is -0.552. The topological polar surface area (TPSA) is 98.2 Å². The predicted molar refractivity (Wildman–Crippen MR) is 81.5 cm³/mol. The molecule has 0 aliphatic rings. The predicted octanol–water partition coefficient (Wildman–Crippen LogP) is 2.38. The Balaban J connectivity index is 2.23. The summed E-state index contributed by atoms with van der Waals surface area (Å²) in [5.74, 6) is -0.902. The molecule has 102 valence electrons. The molecule has 20 heavy (non-hydrogen) atoms. The number of carbonyl (C=O) groups excluding carboxylic acids is 2. The van der Waals surface area contributed by atoms with Crippen molar-refractivity contribution in [2.75, 3.05) is 11.1 Å². The SMILES string of the molecule is NC(=O)c1cccc(NC(=O)c2ccc(Br)cc2N)c1. The van der Waals surface area contributed by atoms with Crippen LogP contribution >= 0.6 is 15.9 Å². The van der Waals surface area contributed by atoms with Gasteiger partial charge in [-0.3, -0.25) is 9.59 Å². The highest BCUT2D eigenvalue weighted by Crippen LogP contribution is 2.20. The highest BCUT2D eigenvalue weighted by Gasteiger charge is 2.11. The number of primary amides is 1. The Bertz CT molecular complexity index is 686. The molecule has 6 heteroatoms. The van der Waals surface area contributed by atoms with Crippen molar-refractivity contribution in [1.29, 1.82) is 0 Å². The molecule has 2 rings (SSSR count). The minimum Gasteiger partial charge on any atom is -0.398 e. The molecule has 0 radical (unpaired) electrons. The van der Waals surface area contributed by atoms with Crippen molar-refractivity contribution < 1.29 is 9.59 Å². The van der Waals surface area contributed by atoms with E-state index in [2.05, 4.69) is 21.2 Å². The second kappa shape index (κ2) is 5.75. The van der Waals surface area contributed by atoms with Gasteiger partial charge in [-0.25, -0.2) is 0 Å². The Morgan fingerprint density at radius 1 is 1.10 bits per heavy atom. The third kappa shape index (κ3) is 3.16. The van der Waals surface area contributed by atoms with Gasteiger partial charge in [-0.05, 0) is 36.4 Å². The second-order valence-corrected chi connectivity index (χ2v) is 5.05. The zero-order valence-corrected chi connectivity index (χ0v) is 12.0. The average molecular weight is 334 g/mol. The molecule has 0 aromatic heterocycles. The smallest absolute Gasteiger partial charge is 0.257 e. The van der Waals surface area contributed by atoms with Crippen LogP contribution in [0.2, 0.25) is 0 Å². The largest absolute Gasteiger partial charge is 0.398 e. The van der Waals surface area contributed by atoms with Crippen molar-refractivity contribution in [1.82, 2.24) is 0 Å². The number of hydrogen-bond acceptors (Lipinski definition) is 3. The van der Waals surface area contributed by atoms with Crippen LogP contribution in [0.25, 0.3) is 0 Å². The van der Waals surface area contributed by atoms with E-state index >= 15 is 0 Å². The summed E-state index contributed by atoms with van der Waals surface area (Å²) in [5, 5.41) is 2.67. The van der Waals surface area contributed by atoms with Gasteiger partial charge >= 0.3 is 0 Å². The summed E-state index contributed by atoms with van der Waals surface area (Å²) in [6, 6.07) is 11.4. The van der Waals surface area contributed by atoms with Gasteiger partial charge in [0.25, 0.3) is 5.91 Å². The molecule has 0 fully saturated rings. The van der Waals surface area contributed by atoms with Crippen LogP contribution in [-0.4, -0.2) is 11.8 Å². The summed E-state index contributed by atoms with van der Waals surface area (Å²) in [7, 11) is 0. The number of nitrogens with two attached hydrogens (primary N) is 2. The normalized spacial score (nSPS) is 10.1. The van der Waals surface area contributed by atoms with E-state index in [-0.39, 0.29) is 5.91 Å². The first-order chi connectivity index (χ1) is 9.47. The van der Waals surface area contributed by atoms with E-state index in [9.17, 15) is 9.59 Å². The third-order valence-corrected chi connectivity index (χ3v) is 3.16. The molecule has 2 aromatic rings. The number of hydrogen-bond donors (Lipinski definition) is 3. The number of rotatable bonds is 3. The van der Waals surface area contributed by atoms with Gasteiger partial charge in [-0.15, -0.1) is 0 Å². The first kappa shape index (κ1) is 14.1. The van der Waals surface area contributed by atoms with Crippen molar-refractivity contribution in [2.45, 2.75) is 0 Å². The summed E-state index contributed by atoms with van der Waals surface area (Å²) in [6.45, 7) is 0. The summed E-state index contributed by atoms with van der Waals surface area (Å²) in [6.07, 6.45) is 0. The molecule has 5 N–H and O–H groups in total. The van der Waals surface area contributed by atoms with Crippen molar-refractivity contribution in [3.8, 4) is 0 Å². The number of nitrogen functional groups attached to an aromatic ring is 1. The molecule has 2 aromatic carbocycles. The zero-order chi connectivity index (χ0) is 14.7. The molecule has 0 aliphatic heterocycles. The Labute approximate surface area is 124 Å². The molecule has 0 heterocycles. The van der Waals surface area contributed by atoms with Crippen LogP contribution in [0.1, 0.15) is 20.7 Å². The van der Waals surface area contributed by atoms with E-state index in [1.807, 2.05) is 0 Å². The Hall–Kier alpha value is -2.34.